The van der Waals surface area contributed by atoms with Crippen LogP contribution in [0, 0.1) is 11.3 Å². The molecule has 10 heteroatoms. The molecule has 0 aliphatic carbocycles. The highest BCUT2D eigenvalue weighted by atomic mass is 32.2. The number of aromatic nitrogens is 2. The molecule has 0 saturated carbocycles. The minimum atomic E-state index is -2.48. The molecule has 3 heterocycles. The second-order valence-corrected chi connectivity index (χ2v) is 9.10. The molecule has 0 bridgehead atoms. The molecule has 34 heavy (non-hydrogen) atoms. The van der Waals surface area contributed by atoms with Gasteiger partial charge in [0.2, 0.25) is 0 Å². The normalized spacial score (nSPS) is 18.2. The average molecular weight is 483 g/mol. The molecular weight excluding hydrogens is 456 g/mol. The van der Waals surface area contributed by atoms with Gasteiger partial charge in [0, 0.05) is 39.2 Å². The van der Waals surface area contributed by atoms with Crippen LogP contribution in [0.4, 0.5) is 5.69 Å². The zero-order valence-corrected chi connectivity index (χ0v) is 19.9. The number of thiol groups is 1. The molecule has 0 N–H and O–H groups in total. The van der Waals surface area contributed by atoms with Crippen molar-refractivity contribution >= 4 is 27.4 Å². The molecule has 1 aliphatic rings. The van der Waals surface area contributed by atoms with Crippen molar-refractivity contribution < 1.29 is 17.9 Å². The number of nitriles is 1. The largest absolute Gasteiger partial charge is 0.488 e. The molecule has 9 nitrogen and oxygen atoms in total. The SMILES string of the molecule is CCO[C@H]1CN(c2cc(=O)n(C)c3ccc(C#N)nc23)CC[C@@H]1Oc1ccc(C[SH](=O)=O)cc1. The van der Waals surface area contributed by atoms with Gasteiger partial charge in [0.1, 0.15) is 45.9 Å². The van der Waals surface area contributed by atoms with Gasteiger partial charge in [-0.3, -0.25) is 4.79 Å². The summed E-state index contributed by atoms with van der Waals surface area (Å²) < 4.78 is 35.6. The van der Waals surface area contributed by atoms with Crippen molar-refractivity contribution in [2.45, 2.75) is 31.3 Å². The number of piperidine rings is 1. The van der Waals surface area contributed by atoms with Gasteiger partial charge in [0.25, 0.3) is 5.56 Å². The number of hydrogen-bond donors (Lipinski definition) is 1. The molecule has 3 aromatic rings. The second-order valence-electron chi connectivity index (χ2n) is 8.12. The topological polar surface area (TPSA) is 115 Å². The Morgan fingerprint density at radius 2 is 1.94 bits per heavy atom. The maximum Gasteiger partial charge on any atom is 0.252 e. The van der Waals surface area contributed by atoms with Crippen LogP contribution < -0.4 is 15.2 Å². The van der Waals surface area contributed by atoms with Crippen LogP contribution in [0.1, 0.15) is 24.6 Å². The fraction of sp³-hybridized carbons (Fsp3) is 0.375. The number of nitrogens with zero attached hydrogens (tertiary/aromatic N) is 4. The number of pyridine rings is 2. The monoisotopic (exact) mass is 482 g/mol. The van der Waals surface area contributed by atoms with Crippen LogP contribution >= 0.6 is 0 Å². The van der Waals surface area contributed by atoms with E-state index in [1.165, 1.54) is 4.57 Å². The minimum Gasteiger partial charge on any atom is -0.488 e. The van der Waals surface area contributed by atoms with E-state index in [1.54, 1.807) is 49.5 Å². The van der Waals surface area contributed by atoms with Gasteiger partial charge in [-0.2, -0.15) is 5.26 Å². The van der Waals surface area contributed by atoms with Gasteiger partial charge in [0.15, 0.2) is 0 Å². The minimum absolute atomic E-state index is 0.00161. The Balaban J connectivity index is 1.59. The summed E-state index contributed by atoms with van der Waals surface area (Å²) in [6.07, 6.45) is 0.180. The predicted octanol–water partition coefficient (Wildman–Crippen LogP) is 1.98. The number of hydrogen-bond acceptors (Lipinski definition) is 8. The average Bonchev–Trinajstić information content (AvgIpc) is 2.83. The molecule has 1 aliphatic heterocycles. The predicted molar refractivity (Wildman–Crippen MR) is 129 cm³/mol. The van der Waals surface area contributed by atoms with Crippen molar-refractivity contribution in [1.82, 2.24) is 9.55 Å². The number of anilines is 1. The fourth-order valence-electron chi connectivity index (χ4n) is 4.24. The van der Waals surface area contributed by atoms with Crippen molar-refractivity contribution in [1.29, 1.82) is 5.26 Å². The number of aryl methyl sites for hydroxylation is 1. The summed E-state index contributed by atoms with van der Waals surface area (Å²) in [7, 11) is -0.790. The summed E-state index contributed by atoms with van der Waals surface area (Å²) in [5, 5.41) is 9.31. The smallest absolute Gasteiger partial charge is 0.252 e. The Kier molecular flexibility index (Phi) is 7.14. The molecule has 1 fully saturated rings. The van der Waals surface area contributed by atoms with E-state index in [4.69, 9.17) is 9.47 Å². The highest BCUT2D eigenvalue weighted by Gasteiger charge is 2.33. The number of benzene rings is 1. The molecule has 0 radical (unpaired) electrons. The van der Waals surface area contributed by atoms with Crippen molar-refractivity contribution in [2.24, 2.45) is 7.05 Å². The Morgan fingerprint density at radius 3 is 2.62 bits per heavy atom. The highest BCUT2D eigenvalue weighted by Crippen LogP contribution is 2.29. The van der Waals surface area contributed by atoms with Gasteiger partial charge in [-0.1, -0.05) is 12.1 Å². The fourth-order valence-corrected chi connectivity index (χ4v) is 4.74. The van der Waals surface area contributed by atoms with Gasteiger partial charge in [0.05, 0.1) is 17.0 Å². The van der Waals surface area contributed by atoms with Crippen LogP contribution in [-0.4, -0.2) is 49.9 Å². The van der Waals surface area contributed by atoms with Crippen LogP contribution in [0.3, 0.4) is 0 Å². The van der Waals surface area contributed by atoms with E-state index in [1.807, 2.05) is 6.92 Å². The number of ether oxygens (including phenoxy) is 2. The van der Waals surface area contributed by atoms with Crippen molar-refractivity contribution in [2.75, 3.05) is 24.6 Å². The Morgan fingerprint density at radius 1 is 1.18 bits per heavy atom. The zero-order valence-electron chi connectivity index (χ0n) is 19.0. The van der Waals surface area contributed by atoms with E-state index in [2.05, 4.69) is 16.0 Å². The third-order valence-corrected chi connectivity index (χ3v) is 6.55. The third kappa shape index (κ3) is 5.05. The van der Waals surface area contributed by atoms with Gasteiger partial charge < -0.3 is 18.9 Å². The molecule has 2 aromatic heterocycles. The Labute approximate surface area is 199 Å². The van der Waals surface area contributed by atoms with E-state index in [0.29, 0.717) is 54.2 Å². The van der Waals surface area contributed by atoms with Crippen LogP contribution in [0.2, 0.25) is 0 Å². The quantitative estimate of drug-likeness (QED) is 0.509. The van der Waals surface area contributed by atoms with E-state index in [0.717, 1.165) is 0 Å². The summed E-state index contributed by atoms with van der Waals surface area (Å²) in [5.74, 6) is 0.647. The maximum absolute atomic E-state index is 12.6. The molecular formula is C24H26N4O5S. The molecule has 4 rings (SSSR count). The third-order valence-electron chi connectivity index (χ3n) is 5.93. The van der Waals surface area contributed by atoms with Crippen LogP contribution in [0.5, 0.6) is 5.75 Å². The lowest BCUT2D eigenvalue weighted by Crippen LogP contribution is -2.50. The van der Waals surface area contributed by atoms with E-state index < -0.39 is 10.7 Å². The standard InChI is InChI=1S/C24H26N4O5S/c1-3-32-22-14-28(11-10-21(22)33-18-7-4-16(5-8-18)15-34(30)31)20-12-23(29)27(2)19-9-6-17(13-25)26-24(19)20/h4-9,12,21-22,34H,3,10-11,14-15H2,1-2H3/t21-,22-/m0/s1. The van der Waals surface area contributed by atoms with Crippen LogP contribution in [0.25, 0.3) is 11.0 Å². The zero-order chi connectivity index (χ0) is 24.2. The van der Waals surface area contributed by atoms with Gasteiger partial charge in [-0.05, 0) is 36.8 Å². The molecule has 0 amide bonds. The van der Waals surface area contributed by atoms with Crippen LogP contribution in [-0.2, 0) is 28.2 Å². The lowest BCUT2D eigenvalue weighted by Gasteiger charge is -2.39. The number of rotatable bonds is 7. The Bertz CT molecular complexity index is 1350. The van der Waals surface area contributed by atoms with Crippen molar-refractivity contribution in [3.8, 4) is 11.8 Å². The van der Waals surface area contributed by atoms with Gasteiger partial charge in [-0.25, -0.2) is 13.4 Å². The lowest BCUT2D eigenvalue weighted by molar-refractivity contribution is -0.0279. The highest BCUT2D eigenvalue weighted by molar-refractivity contribution is 7.71. The molecule has 1 aromatic carbocycles. The molecule has 1 saturated heterocycles. The lowest BCUT2D eigenvalue weighted by atomic mass is 10.0. The van der Waals surface area contributed by atoms with Gasteiger partial charge >= 0.3 is 0 Å². The summed E-state index contributed by atoms with van der Waals surface area (Å²) in [6.45, 7) is 3.53. The first kappa shape index (κ1) is 23.7. The maximum atomic E-state index is 12.6. The Hall–Kier alpha value is -3.42. The van der Waals surface area contributed by atoms with Gasteiger partial charge in [-0.15, -0.1) is 0 Å². The second kappa shape index (κ2) is 10.2. The van der Waals surface area contributed by atoms with E-state index in [-0.39, 0.29) is 29.2 Å². The summed E-state index contributed by atoms with van der Waals surface area (Å²) in [6, 6.07) is 14.0. The summed E-state index contributed by atoms with van der Waals surface area (Å²) in [4.78, 5) is 19.1. The number of fused-ring (bicyclic) bond motifs is 1. The van der Waals surface area contributed by atoms with Crippen molar-refractivity contribution in [3.05, 3.63) is 64.1 Å². The molecule has 178 valence electrons. The summed E-state index contributed by atoms with van der Waals surface area (Å²) in [5.41, 5.74) is 2.78. The first-order valence-electron chi connectivity index (χ1n) is 11.0. The van der Waals surface area contributed by atoms with Crippen LogP contribution in [0.15, 0.2) is 47.3 Å². The first-order chi connectivity index (χ1) is 16.4. The van der Waals surface area contributed by atoms with E-state index >= 15 is 0 Å². The van der Waals surface area contributed by atoms with Crippen molar-refractivity contribution in [3.63, 3.8) is 0 Å². The first-order valence-corrected chi connectivity index (χ1v) is 12.4. The summed E-state index contributed by atoms with van der Waals surface area (Å²) >= 11 is 0. The van der Waals surface area contributed by atoms with E-state index in [9.17, 15) is 18.5 Å². The molecule has 0 spiro atoms. The molecule has 2 atom stereocenters. The molecule has 0 unspecified atom stereocenters.